The summed E-state index contributed by atoms with van der Waals surface area (Å²) < 4.78 is 18.0. The molecule has 6 heteroatoms. The summed E-state index contributed by atoms with van der Waals surface area (Å²) in [4.78, 5) is 16.3. The van der Waals surface area contributed by atoms with Gasteiger partial charge in [-0.1, -0.05) is 12.1 Å². The van der Waals surface area contributed by atoms with Crippen molar-refractivity contribution in [1.82, 2.24) is 4.98 Å². The van der Waals surface area contributed by atoms with Crippen molar-refractivity contribution in [3.8, 4) is 5.75 Å². The molecule has 2 aromatic carbocycles. The summed E-state index contributed by atoms with van der Waals surface area (Å²) in [5.41, 5.74) is 2.70. The third kappa shape index (κ3) is 4.57. The molecule has 26 heavy (non-hydrogen) atoms. The molecule has 0 saturated heterocycles. The largest absolute Gasteiger partial charge is 0.497 e. The Kier molecular flexibility index (Phi) is 5.43. The van der Waals surface area contributed by atoms with Crippen LogP contribution in [-0.2, 0) is 6.54 Å². The lowest BCUT2D eigenvalue weighted by atomic mass is 10.2. The van der Waals surface area contributed by atoms with E-state index in [4.69, 9.17) is 4.74 Å². The van der Waals surface area contributed by atoms with Crippen molar-refractivity contribution >= 4 is 17.3 Å². The Hall–Kier alpha value is -3.41. The van der Waals surface area contributed by atoms with Crippen LogP contribution in [0.1, 0.15) is 16.1 Å². The molecule has 0 aliphatic rings. The van der Waals surface area contributed by atoms with E-state index in [1.165, 1.54) is 24.3 Å². The van der Waals surface area contributed by atoms with Crippen molar-refractivity contribution < 1.29 is 13.9 Å². The third-order valence-electron chi connectivity index (χ3n) is 3.75. The highest BCUT2D eigenvalue weighted by molar-refractivity contribution is 6.02. The van der Waals surface area contributed by atoms with E-state index in [1.807, 2.05) is 24.3 Å². The van der Waals surface area contributed by atoms with E-state index in [0.29, 0.717) is 12.2 Å². The standard InChI is InChI=1S/C20H18FN3O2/c1-26-18-9-2-14(3-10-18)12-22-17-8-11-19(23-13-17)20(25)24-16-6-4-15(21)5-7-16/h2-11,13,22H,12H2,1H3,(H,24,25). The number of halogens is 1. The van der Waals surface area contributed by atoms with Gasteiger partial charge in [-0.2, -0.15) is 0 Å². The number of ether oxygens (including phenoxy) is 1. The van der Waals surface area contributed by atoms with Crippen molar-refractivity contribution in [3.05, 3.63) is 83.9 Å². The summed E-state index contributed by atoms with van der Waals surface area (Å²) in [6, 6.07) is 16.7. The number of pyridine rings is 1. The molecule has 0 saturated carbocycles. The summed E-state index contributed by atoms with van der Waals surface area (Å²) in [6.45, 7) is 0.632. The number of methoxy groups -OCH3 is 1. The maximum atomic E-state index is 12.9. The minimum absolute atomic E-state index is 0.282. The average molecular weight is 351 g/mol. The van der Waals surface area contributed by atoms with Crippen molar-refractivity contribution in [2.24, 2.45) is 0 Å². The van der Waals surface area contributed by atoms with Gasteiger partial charge in [-0.3, -0.25) is 4.79 Å². The molecular weight excluding hydrogens is 333 g/mol. The second-order valence-electron chi connectivity index (χ2n) is 5.59. The Morgan fingerprint density at radius 2 is 1.69 bits per heavy atom. The highest BCUT2D eigenvalue weighted by Gasteiger charge is 2.08. The van der Waals surface area contributed by atoms with Crippen LogP contribution in [0, 0.1) is 5.82 Å². The van der Waals surface area contributed by atoms with Crippen LogP contribution < -0.4 is 15.4 Å². The Morgan fingerprint density at radius 1 is 1.00 bits per heavy atom. The molecule has 0 fully saturated rings. The lowest BCUT2D eigenvalue weighted by Gasteiger charge is -2.08. The van der Waals surface area contributed by atoms with E-state index in [9.17, 15) is 9.18 Å². The number of hydrogen-bond acceptors (Lipinski definition) is 4. The molecule has 3 rings (SSSR count). The molecule has 1 amide bonds. The smallest absolute Gasteiger partial charge is 0.274 e. The van der Waals surface area contributed by atoms with Gasteiger partial charge in [-0.05, 0) is 54.1 Å². The number of nitrogens with zero attached hydrogens (tertiary/aromatic N) is 1. The summed E-state index contributed by atoms with van der Waals surface area (Å²) in [5.74, 6) is 0.110. The lowest BCUT2D eigenvalue weighted by molar-refractivity contribution is 0.102. The number of amides is 1. The SMILES string of the molecule is COc1ccc(CNc2ccc(C(=O)Nc3ccc(F)cc3)nc2)cc1. The van der Waals surface area contributed by atoms with Gasteiger partial charge in [0.05, 0.1) is 19.0 Å². The van der Waals surface area contributed by atoms with Crippen molar-refractivity contribution in [2.45, 2.75) is 6.54 Å². The molecule has 0 bridgehead atoms. The van der Waals surface area contributed by atoms with Crippen LogP contribution in [0.3, 0.4) is 0 Å². The number of benzene rings is 2. The zero-order valence-electron chi connectivity index (χ0n) is 14.2. The van der Waals surface area contributed by atoms with Gasteiger partial charge in [0, 0.05) is 12.2 Å². The Labute approximate surface area is 150 Å². The van der Waals surface area contributed by atoms with E-state index in [2.05, 4.69) is 15.6 Å². The van der Waals surface area contributed by atoms with Crippen molar-refractivity contribution in [2.75, 3.05) is 17.7 Å². The maximum absolute atomic E-state index is 12.9. The first kappa shape index (κ1) is 17.4. The summed E-state index contributed by atoms with van der Waals surface area (Å²) in [5, 5.41) is 5.92. The second-order valence-corrected chi connectivity index (χ2v) is 5.59. The van der Waals surface area contributed by atoms with Gasteiger partial charge in [0.15, 0.2) is 0 Å². The van der Waals surface area contributed by atoms with Gasteiger partial charge in [0.1, 0.15) is 17.3 Å². The van der Waals surface area contributed by atoms with E-state index < -0.39 is 0 Å². The highest BCUT2D eigenvalue weighted by Crippen LogP contribution is 2.14. The van der Waals surface area contributed by atoms with Crippen LogP contribution in [0.15, 0.2) is 66.9 Å². The minimum Gasteiger partial charge on any atom is -0.497 e. The average Bonchev–Trinajstić information content (AvgIpc) is 2.69. The molecule has 3 aromatic rings. The molecule has 1 heterocycles. The summed E-state index contributed by atoms with van der Waals surface area (Å²) >= 11 is 0. The van der Waals surface area contributed by atoms with Gasteiger partial charge >= 0.3 is 0 Å². The van der Waals surface area contributed by atoms with Gasteiger partial charge in [-0.25, -0.2) is 9.37 Å². The van der Waals surface area contributed by atoms with Crippen LogP contribution >= 0.6 is 0 Å². The highest BCUT2D eigenvalue weighted by atomic mass is 19.1. The normalized spacial score (nSPS) is 10.2. The van der Waals surface area contributed by atoms with Gasteiger partial charge in [0.25, 0.3) is 5.91 Å². The molecule has 0 radical (unpaired) electrons. The fourth-order valence-electron chi connectivity index (χ4n) is 2.31. The molecular formula is C20H18FN3O2. The van der Waals surface area contributed by atoms with Crippen molar-refractivity contribution in [3.63, 3.8) is 0 Å². The number of anilines is 2. The summed E-state index contributed by atoms with van der Waals surface area (Å²) in [7, 11) is 1.63. The molecule has 0 unspecified atom stereocenters. The van der Waals surface area contributed by atoms with Crippen molar-refractivity contribution in [1.29, 1.82) is 0 Å². The first-order valence-corrected chi connectivity index (χ1v) is 8.04. The van der Waals surface area contributed by atoms with E-state index in [0.717, 1.165) is 17.0 Å². The van der Waals surface area contributed by atoms with E-state index in [-0.39, 0.29) is 17.4 Å². The second kappa shape index (κ2) is 8.11. The Morgan fingerprint density at radius 3 is 2.31 bits per heavy atom. The van der Waals surface area contributed by atoms with Gasteiger partial charge in [-0.15, -0.1) is 0 Å². The maximum Gasteiger partial charge on any atom is 0.274 e. The lowest BCUT2D eigenvalue weighted by Crippen LogP contribution is -2.13. The predicted octanol–water partition coefficient (Wildman–Crippen LogP) is 4.09. The monoisotopic (exact) mass is 351 g/mol. The first-order valence-electron chi connectivity index (χ1n) is 8.04. The van der Waals surface area contributed by atoms with E-state index in [1.54, 1.807) is 25.4 Å². The number of nitrogens with one attached hydrogen (secondary N) is 2. The molecule has 0 aliphatic carbocycles. The minimum atomic E-state index is -0.353. The Bertz CT molecular complexity index is 863. The molecule has 5 nitrogen and oxygen atoms in total. The fraction of sp³-hybridized carbons (Fsp3) is 0.100. The number of aromatic nitrogens is 1. The molecule has 1 aromatic heterocycles. The third-order valence-corrected chi connectivity index (χ3v) is 3.75. The van der Waals surface area contributed by atoms with Crippen LogP contribution in [0.5, 0.6) is 5.75 Å². The fourth-order valence-corrected chi connectivity index (χ4v) is 2.31. The number of carbonyl (C=O) groups is 1. The van der Waals surface area contributed by atoms with Gasteiger partial charge in [0.2, 0.25) is 0 Å². The molecule has 0 spiro atoms. The summed E-state index contributed by atoms with van der Waals surface area (Å²) in [6.07, 6.45) is 1.60. The first-order chi connectivity index (χ1) is 12.6. The zero-order chi connectivity index (χ0) is 18.4. The molecule has 2 N–H and O–H groups in total. The molecule has 0 aliphatic heterocycles. The Balaban J connectivity index is 1.56. The van der Waals surface area contributed by atoms with Crippen LogP contribution in [0.25, 0.3) is 0 Å². The topological polar surface area (TPSA) is 63.2 Å². The van der Waals surface area contributed by atoms with Crippen LogP contribution in [0.4, 0.5) is 15.8 Å². The number of rotatable bonds is 6. The predicted molar refractivity (Wildman–Crippen MR) is 98.9 cm³/mol. The van der Waals surface area contributed by atoms with E-state index >= 15 is 0 Å². The van der Waals surface area contributed by atoms with Gasteiger partial charge < -0.3 is 15.4 Å². The number of hydrogen-bond donors (Lipinski definition) is 2. The molecule has 132 valence electrons. The van der Waals surface area contributed by atoms with Crippen LogP contribution in [-0.4, -0.2) is 18.0 Å². The number of carbonyl (C=O) groups excluding carboxylic acids is 1. The zero-order valence-corrected chi connectivity index (χ0v) is 14.2. The quantitative estimate of drug-likeness (QED) is 0.702. The molecule has 0 atom stereocenters. The van der Waals surface area contributed by atoms with Crippen LogP contribution in [0.2, 0.25) is 0 Å².